The Bertz CT molecular complexity index is 427. The molecule has 0 atom stereocenters. The second-order valence-electron chi connectivity index (χ2n) is 2.98. The van der Waals surface area contributed by atoms with Gasteiger partial charge in [-0.05, 0) is 16.2 Å². The molecule has 0 aliphatic carbocycles. The van der Waals surface area contributed by atoms with Crippen molar-refractivity contribution in [2.24, 2.45) is 0 Å². The van der Waals surface area contributed by atoms with E-state index in [1.54, 1.807) is 12.1 Å². The Hall–Kier alpha value is -1.32. The van der Waals surface area contributed by atoms with Crippen LogP contribution in [0.15, 0.2) is 42.5 Å². The second kappa shape index (κ2) is 5.54. The van der Waals surface area contributed by atoms with E-state index in [0.29, 0.717) is 5.46 Å². The highest BCUT2D eigenvalue weighted by Crippen LogP contribution is 2.10. The molecule has 3 heteroatoms. The van der Waals surface area contributed by atoms with E-state index >= 15 is 0 Å². The van der Waals surface area contributed by atoms with Crippen molar-refractivity contribution in [1.82, 2.24) is 0 Å². The Morgan fingerprint density at radius 2 is 1.47 bits per heavy atom. The van der Waals surface area contributed by atoms with Crippen LogP contribution in [0.4, 0.5) is 0 Å². The number of fused-ring (bicyclic) bond motifs is 1. The van der Waals surface area contributed by atoms with Crippen molar-refractivity contribution in [3.63, 3.8) is 0 Å². The van der Waals surface area contributed by atoms with Gasteiger partial charge < -0.3 is 10.0 Å². The van der Waals surface area contributed by atoms with E-state index in [-0.39, 0.29) is 0 Å². The molecule has 0 fully saturated rings. The molecule has 2 aromatic rings. The normalized spacial score (nSPS) is 9.33. The summed E-state index contributed by atoms with van der Waals surface area (Å²) in [5.41, 5.74) is 0.527. The standard InChI is InChI=1S/C10H9BO2.C2H6/c12-11(13)10-6-5-8-3-1-2-4-9(8)7-10;1-2/h1-7,12-13H;1-2H3. The van der Waals surface area contributed by atoms with Crippen LogP contribution in [0, 0.1) is 0 Å². The molecule has 2 rings (SSSR count). The van der Waals surface area contributed by atoms with Crippen molar-refractivity contribution < 1.29 is 10.0 Å². The maximum Gasteiger partial charge on any atom is 0.488 e. The van der Waals surface area contributed by atoms with Crippen molar-refractivity contribution in [2.75, 3.05) is 0 Å². The maximum absolute atomic E-state index is 8.94. The monoisotopic (exact) mass is 202 g/mol. The first kappa shape index (κ1) is 11.8. The molecule has 0 amide bonds. The molecule has 0 spiro atoms. The van der Waals surface area contributed by atoms with Crippen molar-refractivity contribution in [2.45, 2.75) is 13.8 Å². The predicted molar refractivity (Wildman–Crippen MR) is 65.1 cm³/mol. The van der Waals surface area contributed by atoms with Gasteiger partial charge in [-0.3, -0.25) is 0 Å². The zero-order valence-electron chi connectivity index (χ0n) is 9.01. The quantitative estimate of drug-likeness (QED) is 0.688. The molecule has 2 N–H and O–H groups in total. The number of hydrogen-bond acceptors (Lipinski definition) is 2. The SMILES string of the molecule is CC.OB(O)c1ccc2ccccc2c1. The summed E-state index contributed by atoms with van der Waals surface area (Å²) in [6.45, 7) is 4.00. The summed E-state index contributed by atoms with van der Waals surface area (Å²) in [7, 11) is -1.38. The third-order valence-electron chi connectivity index (χ3n) is 2.07. The zero-order valence-corrected chi connectivity index (χ0v) is 9.01. The van der Waals surface area contributed by atoms with Gasteiger partial charge in [0.15, 0.2) is 0 Å². The molecule has 0 saturated carbocycles. The van der Waals surface area contributed by atoms with Crippen LogP contribution in [0.3, 0.4) is 0 Å². The van der Waals surface area contributed by atoms with Crippen molar-refractivity contribution in [3.05, 3.63) is 42.5 Å². The summed E-state index contributed by atoms with van der Waals surface area (Å²) < 4.78 is 0. The molecule has 0 saturated heterocycles. The van der Waals surface area contributed by atoms with Gasteiger partial charge in [-0.1, -0.05) is 56.3 Å². The minimum Gasteiger partial charge on any atom is -0.423 e. The van der Waals surface area contributed by atoms with Gasteiger partial charge in [0.25, 0.3) is 0 Å². The molecule has 0 aliphatic rings. The summed E-state index contributed by atoms with van der Waals surface area (Å²) in [5.74, 6) is 0. The molecule has 0 unspecified atom stereocenters. The first-order valence-corrected chi connectivity index (χ1v) is 5.12. The summed E-state index contributed by atoms with van der Waals surface area (Å²) in [6.07, 6.45) is 0. The summed E-state index contributed by atoms with van der Waals surface area (Å²) in [6, 6.07) is 13.2. The maximum atomic E-state index is 8.94. The highest BCUT2D eigenvalue weighted by Gasteiger charge is 2.09. The minimum absolute atomic E-state index is 0.527. The van der Waals surface area contributed by atoms with E-state index in [2.05, 4.69) is 0 Å². The Labute approximate surface area is 90.3 Å². The van der Waals surface area contributed by atoms with Gasteiger partial charge in [-0.25, -0.2) is 0 Å². The van der Waals surface area contributed by atoms with Crippen molar-refractivity contribution >= 4 is 23.4 Å². The first-order chi connectivity index (χ1) is 7.27. The van der Waals surface area contributed by atoms with Gasteiger partial charge in [-0.15, -0.1) is 0 Å². The van der Waals surface area contributed by atoms with Crippen molar-refractivity contribution in [3.8, 4) is 0 Å². The fourth-order valence-electron chi connectivity index (χ4n) is 1.37. The fourth-order valence-corrected chi connectivity index (χ4v) is 1.37. The van der Waals surface area contributed by atoms with Gasteiger partial charge in [0.2, 0.25) is 0 Å². The zero-order chi connectivity index (χ0) is 11.3. The minimum atomic E-state index is -1.38. The number of benzene rings is 2. The van der Waals surface area contributed by atoms with E-state index in [0.717, 1.165) is 10.8 Å². The summed E-state index contributed by atoms with van der Waals surface area (Å²) in [4.78, 5) is 0. The molecule has 0 heterocycles. The molecular weight excluding hydrogens is 187 g/mol. The molecular formula is C12H15BO2. The van der Waals surface area contributed by atoms with Crippen LogP contribution < -0.4 is 5.46 Å². The summed E-state index contributed by atoms with van der Waals surface area (Å²) >= 11 is 0. The molecule has 0 aliphatic heterocycles. The molecule has 0 aromatic heterocycles. The predicted octanol–water partition coefficient (Wildman–Crippen LogP) is 1.55. The van der Waals surface area contributed by atoms with E-state index < -0.39 is 7.12 Å². The van der Waals surface area contributed by atoms with Gasteiger partial charge in [0, 0.05) is 0 Å². The van der Waals surface area contributed by atoms with Crippen LogP contribution in [0.25, 0.3) is 10.8 Å². The third-order valence-corrected chi connectivity index (χ3v) is 2.07. The average Bonchev–Trinajstić information content (AvgIpc) is 2.31. The van der Waals surface area contributed by atoms with Gasteiger partial charge in [0.1, 0.15) is 0 Å². The van der Waals surface area contributed by atoms with E-state index in [1.165, 1.54) is 0 Å². The van der Waals surface area contributed by atoms with Crippen LogP contribution in [0.2, 0.25) is 0 Å². The fraction of sp³-hybridized carbons (Fsp3) is 0.167. The Morgan fingerprint density at radius 1 is 0.867 bits per heavy atom. The summed E-state index contributed by atoms with van der Waals surface area (Å²) in [5, 5.41) is 20.0. The van der Waals surface area contributed by atoms with Crippen LogP contribution >= 0.6 is 0 Å². The number of hydrogen-bond donors (Lipinski definition) is 2. The van der Waals surface area contributed by atoms with Crippen LogP contribution in [-0.2, 0) is 0 Å². The highest BCUT2D eigenvalue weighted by molar-refractivity contribution is 6.58. The Kier molecular flexibility index (Phi) is 4.34. The molecule has 15 heavy (non-hydrogen) atoms. The molecule has 2 nitrogen and oxygen atoms in total. The van der Waals surface area contributed by atoms with E-state index in [4.69, 9.17) is 10.0 Å². The van der Waals surface area contributed by atoms with Crippen LogP contribution in [0.5, 0.6) is 0 Å². The smallest absolute Gasteiger partial charge is 0.423 e. The van der Waals surface area contributed by atoms with Gasteiger partial charge >= 0.3 is 7.12 Å². The topological polar surface area (TPSA) is 40.5 Å². The highest BCUT2D eigenvalue weighted by atomic mass is 16.4. The lowest BCUT2D eigenvalue weighted by Gasteiger charge is -2.01. The molecule has 0 bridgehead atoms. The van der Waals surface area contributed by atoms with Crippen LogP contribution in [0.1, 0.15) is 13.8 Å². The number of rotatable bonds is 1. The molecule has 78 valence electrons. The first-order valence-electron chi connectivity index (χ1n) is 5.12. The Balaban J connectivity index is 0.000000531. The lowest BCUT2D eigenvalue weighted by Crippen LogP contribution is -2.29. The molecule has 2 aromatic carbocycles. The molecule has 0 radical (unpaired) electrons. The second-order valence-corrected chi connectivity index (χ2v) is 2.98. The largest absolute Gasteiger partial charge is 0.488 e. The lowest BCUT2D eigenvalue weighted by molar-refractivity contribution is 0.426. The van der Waals surface area contributed by atoms with Crippen LogP contribution in [-0.4, -0.2) is 17.2 Å². The average molecular weight is 202 g/mol. The van der Waals surface area contributed by atoms with E-state index in [1.807, 2.05) is 44.2 Å². The van der Waals surface area contributed by atoms with Gasteiger partial charge in [0.05, 0.1) is 0 Å². The van der Waals surface area contributed by atoms with E-state index in [9.17, 15) is 0 Å². The van der Waals surface area contributed by atoms with Gasteiger partial charge in [-0.2, -0.15) is 0 Å². The Morgan fingerprint density at radius 3 is 2.07 bits per heavy atom. The third kappa shape index (κ3) is 2.81. The van der Waals surface area contributed by atoms with Crippen molar-refractivity contribution in [1.29, 1.82) is 0 Å². The lowest BCUT2D eigenvalue weighted by atomic mass is 9.79.